The van der Waals surface area contributed by atoms with E-state index in [2.05, 4.69) is 20.9 Å². The van der Waals surface area contributed by atoms with Crippen LogP contribution in [0.15, 0.2) is 6.07 Å². The van der Waals surface area contributed by atoms with Gasteiger partial charge in [-0.1, -0.05) is 0 Å². The molecule has 9 nitrogen and oxygen atoms in total. The van der Waals surface area contributed by atoms with Gasteiger partial charge in [0.05, 0.1) is 18.4 Å². The number of nitrogens with zero attached hydrogens (tertiary/aromatic N) is 2. The first-order chi connectivity index (χ1) is 11.7. The average molecular weight is 347 g/mol. The zero-order valence-corrected chi connectivity index (χ0v) is 14.8. The zero-order chi connectivity index (χ0) is 18.7. The molecule has 0 spiro atoms. The second kappa shape index (κ2) is 7.20. The number of hydrogen-bond donors (Lipinski definition) is 3. The van der Waals surface area contributed by atoms with Crippen molar-refractivity contribution in [3.8, 4) is 0 Å². The fourth-order valence-electron chi connectivity index (χ4n) is 2.58. The van der Waals surface area contributed by atoms with Crippen molar-refractivity contribution < 1.29 is 19.1 Å². The maximum atomic E-state index is 12.2. The predicted octanol–water partition coefficient (Wildman–Crippen LogP) is 0.693. The van der Waals surface area contributed by atoms with Crippen LogP contribution < -0.4 is 10.9 Å². The first kappa shape index (κ1) is 18.2. The van der Waals surface area contributed by atoms with Gasteiger partial charge in [0.2, 0.25) is 0 Å². The van der Waals surface area contributed by atoms with E-state index in [-0.39, 0.29) is 12.2 Å². The number of rotatable bonds is 4. The molecule has 0 aliphatic heterocycles. The molecule has 2 rings (SSSR count). The number of ether oxygens (including phenoxy) is 1. The van der Waals surface area contributed by atoms with Crippen molar-refractivity contribution in [2.24, 2.45) is 0 Å². The second-order valence-corrected chi connectivity index (χ2v) is 5.70. The molecule has 2 aromatic rings. The van der Waals surface area contributed by atoms with E-state index < -0.39 is 17.8 Å². The Labute approximate surface area is 144 Å². The Kier molecular flexibility index (Phi) is 5.26. The molecule has 0 aromatic carbocycles. The Morgan fingerprint density at radius 1 is 1.20 bits per heavy atom. The van der Waals surface area contributed by atoms with Crippen molar-refractivity contribution in [1.82, 2.24) is 25.6 Å². The largest absolute Gasteiger partial charge is 0.465 e. The van der Waals surface area contributed by atoms with E-state index in [0.29, 0.717) is 16.8 Å². The Morgan fingerprint density at radius 3 is 2.44 bits per heavy atom. The van der Waals surface area contributed by atoms with Crippen LogP contribution in [-0.2, 0) is 16.1 Å². The smallest absolute Gasteiger partial charge is 0.339 e. The number of aromatic amines is 1. The Morgan fingerprint density at radius 2 is 1.88 bits per heavy atom. The summed E-state index contributed by atoms with van der Waals surface area (Å²) in [6, 6.07) is 1.85. The summed E-state index contributed by atoms with van der Waals surface area (Å²) in [4.78, 5) is 38.8. The lowest BCUT2D eigenvalue weighted by Crippen LogP contribution is -2.43. The lowest BCUT2D eigenvalue weighted by atomic mass is 10.1. The molecule has 2 heterocycles. The molecular weight excluding hydrogens is 326 g/mol. The summed E-state index contributed by atoms with van der Waals surface area (Å²) in [5.74, 6) is -1.51. The van der Waals surface area contributed by atoms with Crippen LogP contribution >= 0.6 is 0 Å². The van der Waals surface area contributed by atoms with Crippen LogP contribution in [0.3, 0.4) is 0 Å². The third kappa shape index (κ3) is 3.87. The van der Waals surface area contributed by atoms with Crippen molar-refractivity contribution in [1.29, 1.82) is 0 Å². The standard InChI is InChI=1S/C16H21N5O4/c1-8-6-9(2)21(20-8)7-12(22)18-19-15(23)14-10(3)13(11(4)17-14)16(24)25-5/h6,17H,7H2,1-5H3,(H,18,22)(H,19,23). The molecule has 0 unspecified atom stereocenters. The lowest BCUT2D eigenvalue weighted by Gasteiger charge is -2.08. The minimum absolute atomic E-state index is 0.0178. The Balaban J connectivity index is 2.02. The van der Waals surface area contributed by atoms with Gasteiger partial charge in [-0.05, 0) is 39.3 Å². The number of hydrazine groups is 1. The van der Waals surface area contributed by atoms with Gasteiger partial charge in [-0.25, -0.2) is 4.79 Å². The quantitative estimate of drug-likeness (QED) is 0.555. The van der Waals surface area contributed by atoms with Crippen molar-refractivity contribution in [2.45, 2.75) is 34.2 Å². The number of carbonyl (C=O) groups excluding carboxylic acids is 3. The van der Waals surface area contributed by atoms with Gasteiger partial charge in [-0.15, -0.1) is 0 Å². The molecule has 0 aliphatic carbocycles. The van der Waals surface area contributed by atoms with Gasteiger partial charge in [-0.3, -0.25) is 25.1 Å². The van der Waals surface area contributed by atoms with Gasteiger partial charge < -0.3 is 9.72 Å². The van der Waals surface area contributed by atoms with Crippen molar-refractivity contribution in [3.05, 3.63) is 40.0 Å². The summed E-state index contributed by atoms with van der Waals surface area (Å²) in [6.07, 6.45) is 0. The number of aromatic nitrogens is 3. The number of amides is 2. The minimum atomic E-state index is -0.558. The molecule has 9 heteroatoms. The topological polar surface area (TPSA) is 118 Å². The van der Waals surface area contributed by atoms with Crippen LogP contribution in [-0.4, -0.2) is 39.7 Å². The zero-order valence-electron chi connectivity index (χ0n) is 14.8. The van der Waals surface area contributed by atoms with E-state index >= 15 is 0 Å². The number of H-pyrrole nitrogens is 1. The van der Waals surface area contributed by atoms with Crippen LogP contribution in [0.25, 0.3) is 0 Å². The summed E-state index contributed by atoms with van der Waals surface area (Å²) in [7, 11) is 1.27. The molecule has 0 saturated heterocycles. The van der Waals surface area contributed by atoms with Crippen LogP contribution in [0.5, 0.6) is 0 Å². The molecule has 0 fully saturated rings. The maximum Gasteiger partial charge on any atom is 0.339 e. The molecule has 3 N–H and O–H groups in total. The van der Waals surface area contributed by atoms with Gasteiger partial charge in [-0.2, -0.15) is 5.10 Å². The minimum Gasteiger partial charge on any atom is -0.465 e. The highest BCUT2D eigenvalue weighted by atomic mass is 16.5. The lowest BCUT2D eigenvalue weighted by molar-refractivity contribution is -0.122. The van der Waals surface area contributed by atoms with Crippen LogP contribution in [0.2, 0.25) is 0 Å². The number of nitrogens with one attached hydrogen (secondary N) is 3. The van der Waals surface area contributed by atoms with E-state index in [4.69, 9.17) is 4.74 Å². The summed E-state index contributed by atoms with van der Waals surface area (Å²) in [6.45, 7) is 6.94. The SMILES string of the molecule is COC(=O)c1c(C)[nH]c(C(=O)NNC(=O)Cn2nc(C)cc2C)c1C. The van der Waals surface area contributed by atoms with E-state index in [1.165, 1.54) is 11.8 Å². The molecule has 2 aromatic heterocycles. The Bertz CT molecular complexity index is 834. The molecule has 0 aliphatic rings. The normalized spacial score (nSPS) is 10.4. The molecule has 25 heavy (non-hydrogen) atoms. The van der Waals surface area contributed by atoms with Crippen molar-refractivity contribution in [2.75, 3.05) is 7.11 Å². The molecule has 0 saturated carbocycles. The molecule has 0 atom stereocenters. The summed E-state index contributed by atoms with van der Waals surface area (Å²) in [5.41, 5.74) is 7.76. The molecule has 134 valence electrons. The number of esters is 1. The van der Waals surface area contributed by atoms with Crippen molar-refractivity contribution >= 4 is 17.8 Å². The van der Waals surface area contributed by atoms with Crippen LogP contribution in [0.1, 0.15) is 43.5 Å². The molecule has 0 bridgehead atoms. The summed E-state index contributed by atoms with van der Waals surface area (Å²) >= 11 is 0. The third-order valence-corrected chi connectivity index (χ3v) is 3.77. The highest BCUT2D eigenvalue weighted by Crippen LogP contribution is 2.18. The average Bonchev–Trinajstić information content (AvgIpc) is 3.02. The van der Waals surface area contributed by atoms with Crippen LogP contribution in [0, 0.1) is 27.7 Å². The van der Waals surface area contributed by atoms with E-state index in [1.807, 2.05) is 19.9 Å². The van der Waals surface area contributed by atoms with Gasteiger partial charge in [0.25, 0.3) is 11.8 Å². The number of aryl methyl sites for hydroxylation is 3. The van der Waals surface area contributed by atoms with Gasteiger partial charge in [0.15, 0.2) is 0 Å². The monoisotopic (exact) mass is 347 g/mol. The van der Waals surface area contributed by atoms with Gasteiger partial charge in [0, 0.05) is 11.4 Å². The fraction of sp³-hybridized carbons (Fsp3) is 0.375. The number of carbonyl (C=O) groups is 3. The molecule has 2 amide bonds. The predicted molar refractivity (Wildman–Crippen MR) is 88.9 cm³/mol. The highest BCUT2D eigenvalue weighted by Gasteiger charge is 2.22. The Hall–Kier alpha value is -3.10. The van der Waals surface area contributed by atoms with Gasteiger partial charge in [0.1, 0.15) is 12.2 Å². The first-order valence-electron chi connectivity index (χ1n) is 7.62. The summed E-state index contributed by atoms with van der Waals surface area (Å²) in [5, 5.41) is 4.18. The number of hydrogen-bond acceptors (Lipinski definition) is 5. The van der Waals surface area contributed by atoms with Crippen molar-refractivity contribution in [3.63, 3.8) is 0 Å². The second-order valence-electron chi connectivity index (χ2n) is 5.70. The summed E-state index contributed by atoms with van der Waals surface area (Å²) < 4.78 is 6.24. The molecule has 0 radical (unpaired) electrons. The van der Waals surface area contributed by atoms with E-state index in [1.54, 1.807) is 13.8 Å². The third-order valence-electron chi connectivity index (χ3n) is 3.77. The van der Waals surface area contributed by atoms with E-state index in [9.17, 15) is 14.4 Å². The van der Waals surface area contributed by atoms with Gasteiger partial charge >= 0.3 is 5.97 Å². The fourth-order valence-corrected chi connectivity index (χ4v) is 2.58. The molecular formula is C16H21N5O4. The highest BCUT2D eigenvalue weighted by molar-refractivity contribution is 6.00. The van der Waals surface area contributed by atoms with Crippen LogP contribution in [0.4, 0.5) is 0 Å². The first-order valence-corrected chi connectivity index (χ1v) is 7.62. The maximum absolute atomic E-state index is 12.2. The number of methoxy groups -OCH3 is 1. The van der Waals surface area contributed by atoms with E-state index in [0.717, 1.165) is 11.4 Å².